The molecule has 1 saturated heterocycles. The second-order valence-electron chi connectivity index (χ2n) is 13.9. The summed E-state index contributed by atoms with van der Waals surface area (Å²) < 4.78 is 41.0. The van der Waals surface area contributed by atoms with Gasteiger partial charge in [-0.05, 0) is 80.5 Å². The summed E-state index contributed by atoms with van der Waals surface area (Å²) in [6.45, 7) is 8.83. The highest BCUT2D eigenvalue weighted by molar-refractivity contribution is 7.18. The summed E-state index contributed by atoms with van der Waals surface area (Å²) in [5.41, 5.74) is 4.37. The van der Waals surface area contributed by atoms with Gasteiger partial charge in [-0.15, -0.1) is 11.3 Å². The number of rotatable bonds is 11. The van der Waals surface area contributed by atoms with Crippen LogP contribution in [0.2, 0.25) is 0 Å². The van der Waals surface area contributed by atoms with Gasteiger partial charge in [-0.25, -0.2) is 9.97 Å². The Morgan fingerprint density at radius 2 is 1.96 bits per heavy atom. The molecular formula is C35H38F3N9OS. The fourth-order valence-electron chi connectivity index (χ4n) is 8.20. The van der Waals surface area contributed by atoms with Crippen molar-refractivity contribution in [3.05, 3.63) is 64.2 Å². The molecule has 10 nitrogen and oxygen atoms in total. The van der Waals surface area contributed by atoms with Crippen LogP contribution in [0.15, 0.2) is 47.5 Å². The van der Waals surface area contributed by atoms with Crippen molar-refractivity contribution in [2.24, 2.45) is 10.4 Å². The monoisotopic (exact) mass is 689 g/mol. The number of carbonyl (C=O) groups excluding carboxylic acids is 1. The van der Waals surface area contributed by atoms with Crippen LogP contribution in [0, 0.1) is 23.7 Å². The highest BCUT2D eigenvalue weighted by Gasteiger charge is 2.68. The molecule has 3 N–H and O–H groups in total. The van der Waals surface area contributed by atoms with E-state index in [1.165, 1.54) is 23.7 Å². The second kappa shape index (κ2) is 12.4. The number of thiophene rings is 1. The zero-order valence-corrected chi connectivity index (χ0v) is 28.3. The Balaban J connectivity index is 0.973. The van der Waals surface area contributed by atoms with E-state index in [4.69, 9.17) is 0 Å². The van der Waals surface area contributed by atoms with E-state index >= 15 is 0 Å². The van der Waals surface area contributed by atoms with Gasteiger partial charge in [0, 0.05) is 60.6 Å². The third kappa shape index (κ3) is 6.37. The molecular weight excluding hydrogens is 652 g/mol. The minimum absolute atomic E-state index is 0.0718. The van der Waals surface area contributed by atoms with Crippen LogP contribution >= 0.6 is 11.3 Å². The number of benzene rings is 1. The molecule has 4 aromatic rings. The molecule has 4 aliphatic rings. The van der Waals surface area contributed by atoms with Gasteiger partial charge >= 0.3 is 6.18 Å². The number of halogens is 3. The summed E-state index contributed by atoms with van der Waals surface area (Å²) in [7, 11) is 1.68. The molecule has 14 heteroatoms. The van der Waals surface area contributed by atoms with Crippen molar-refractivity contribution in [3.8, 4) is 6.07 Å². The first-order valence-corrected chi connectivity index (χ1v) is 17.2. The number of likely N-dealkylation sites (N-methyl/N-ethyl adjacent to an activating group) is 1. The molecule has 0 radical (unpaired) electrons. The molecule has 256 valence electrons. The Labute approximate surface area is 286 Å². The van der Waals surface area contributed by atoms with Gasteiger partial charge in [-0.1, -0.05) is 6.07 Å². The third-order valence-electron chi connectivity index (χ3n) is 10.4. The summed E-state index contributed by atoms with van der Waals surface area (Å²) in [6, 6.07) is 10.4. The fraction of sp³-hybridized carbons (Fsp3) is 0.457. The largest absolute Gasteiger partial charge is 0.393 e. The Hall–Kier alpha value is -4.48. The number of carbonyl (C=O) groups is 1. The van der Waals surface area contributed by atoms with Gasteiger partial charge in [0.05, 0.1) is 18.0 Å². The molecule has 3 aliphatic carbocycles. The summed E-state index contributed by atoms with van der Waals surface area (Å²) in [4.78, 5) is 28.1. The Morgan fingerprint density at radius 3 is 2.63 bits per heavy atom. The molecule has 2 bridgehead atoms. The maximum absolute atomic E-state index is 13.0. The van der Waals surface area contributed by atoms with Gasteiger partial charge < -0.3 is 20.5 Å². The third-order valence-corrected chi connectivity index (χ3v) is 11.4. The van der Waals surface area contributed by atoms with E-state index in [2.05, 4.69) is 72.2 Å². The maximum atomic E-state index is 13.0. The van der Waals surface area contributed by atoms with E-state index in [9.17, 15) is 23.2 Å². The van der Waals surface area contributed by atoms with Gasteiger partial charge in [0.25, 0.3) is 5.91 Å². The number of likely N-dealkylation sites (tertiary alicyclic amines) is 1. The maximum Gasteiger partial charge on any atom is 0.393 e. The van der Waals surface area contributed by atoms with Crippen LogP contribution in [0.4, 0.5) is 19.0 Å². The number of aryl methyl sites for hydroxylation is 1. The Kier molecular flexibility index (Phi) is 8.39. The number of amides is 1. The molecule has 1 amide bonds. The summed E-state index contributed by atoms with van der Waals surface area (Å²) in [5.74, 6) is 0.412. The van der Waals surface area contributed by atoms with Gasteiger partial charge in [0.1, 0.15) is 34.4 Å². The topological polar surface area (TPSA) is 123 Å². The first-order valence-electron chi connectivity index (χ1n) is 16.4. The molecule has 3 aromatic heterocycles. The van der Waals surface area contributed by atoms with Gasteiger partial charge in [0.2, 0.25) is 0 Å². The Morgan fingerprint density at radius 1 is 1.20 bits per heavy atom. The molecule has 4 heterocycles. The molecule has 49 heavy (non-hydrogen) atoms. The molecule has 4 fully saturated rings. The highest BCUT2D eigenvalue weighted by Crippen LogP contribution is 2.68. The first kappa shape index (κ1) is 33.0. The van der Waals surface area contributed by atoms with E-state index in [-0.39, 0.29) is 27.8 Å². The number of aromatic nitrogens is 3. The predicted octanol–water partition coefficient (Wildman–Crippen LogP) is 5.81. The minimum Gasteiger partial charge on any atom is -0.382 e. The van der Waals surface area contributed by atoms with E-state index in [1.54, 1.807) is 13.1 Å². The number of hydrogen-bond acceptors (Lipinski definition) is 9. The van der Waals surface area contributed by atoms with Crippen molar-refractivity contribution in [2.75, 3.05) is 25.5 Å². The normalized spacial score (nSPS) is 22.7. The lowest BCUT2D eigenvalue weighted by atomic mass is 9.39. The second-order valence-corrected chi connectivity index (χ2v) is 15.0. The summed E-state index contributed by atoms with van der Waals surface area (Å²) >= 11 is 1.06. The number of nitriles is 1. The molecule has 3 saturated carbocycles. The Bertz CT molecular complexity index is 2000. The predicted molar refractivity (Wildman–Crippen MR) is 184 cm³/mol. The van der Waals surface area contributed by atoms with Gasteiger partial charge in [-0.2, -0.15) is 18.4 Å². The average Bonchev–Trinajstić information content (AvgIpc) is 3.60. The van der Waals surface area contributed by atoms with Crippen LogP contribution < -0.4 is 16.0 Å². The standard InChI is InChI=1S/C35H38F3N9OS/c1-21-22(15-46-8-6-23(7-9-46)44-30-27-11-25(12-35(36,37)38)49-32(27)43-20-42-30)4-5-29-26(21)10-24(13-39)47(29)19-33-16-34(17-33,18-33)45-31(48)28(41-3)14-40-2/h4-5,10-11,14,20,23,41H,2,6-9,12,15-19H2,1,3H3,(H,45,48)(H,42,43,44)/b28-14-. The molecule has 1 aliphatic heterocycles. The van der Waals surface area contributed by atoms with Crippen LogP contribution in [0.3, 0.4) is 0 Å². The lowest BCUT2D eigenvalue weighted by Gasteiger charge is -2.70. The summed E-state index contributed by atoms with van der Waals surface area (Å²) in [6.07, 6.45) is 2.00. The number of nitrogens with one attached hydrogen (secondary N) is 3. The molecule has 0 spiro atoms. The van der Waals surface area contributed by atoms with E-state index in [1.807, 2.05) is 6.07 Å². The fourth-order valence-corrected chi connectivity index (χ4v) is 9.23. The highest BCUT2D eigenvalue weighted by atomic mass is 32.1. The van der Waals surface area contributed by atoms with Crippen LogP contribution in [-0.4, -0.2) is 70.0 Å². The number of piperidine rings is 1. The van der Waals surface area contributed by atoms with Crippen LogP contribution in [0.1, 0.15) is 53.8 Å². The first-order chi connectivity index (χ1) is 23.4. The molecule has 8 rings (SSSR count). The van der Waals surface area contributed by atoms with Gasteiger partial charge in [0.15, 0.2) is 0 Å². The quantitative estimate of drug-likeness (QED) is 0.134. The van der Waals surface area contributed by atoms with Crippen LogP contribution in [0.25, 0.3) is 21.1 Å². The average molecular weight is 690 g/mol. The smallest absolute Gasteiger partial charge is 0.382 e. The minimum atomic E-state index is -4.26. The van der Waals surface area contributed by atoms with Crippen molar-refractivity contribution in [1.82, 2.24) is 30.1 Å². The van der Waals surface area contributed by atoms with Crippen molar-refractivity contribution >= 4 is 50.9 Å². The van der Waals surface area contributed by atoms with Crippen LogP contribution in [-0.2, 0) is 24.3 Å². The summed E-state index contributed by atoms with van der Waals surface area (Å²) in [5, 5.41) is 21.3. The number of aliphatic imine (C=N–C) groups is 1. The number of fused-ring (bicyclic) bond motifs is 2. The zero-order valence-electron chi connectivity index (χ0n) is 27.5. The van der Waals surface area contributed by atoms with Crippen molar-refractivity contribution in [1.29, 1.82) is 5.26 Å². The lowest BCUT2D eigenvalue weighted by molar-refractivity contribution is -0.170. The molecule has 0 atom stereocenters. The van der Waals surface area contributed by atoms with E-state index in [0.29, 0.717) is 27.4 Å². The molecule has 1 aromatic carbocycles. The number of alkyl halides is 3. The van der Waals surface area contributed by atoms with Crippen molar-refractivity contribution in [3.63, 3.8) is 0 Å². The van der Waals surface area contributed by atoms with E-state index in [0.717, 1.165) is 80.5 Å². The lowest BCUT2D eigenvalue weighted by Crippen LogP contribution is -2.75. The van der Waals surface area contributed by atoms with Crippen LogP contribution in [0.5, 0.6) is 0 Å². The number of hydrogen-bond donors (Lipinski definition) is 3. The number of anilines is 1. The van der Waals surface area contributed by atoms with Crippen molar-refractivity contribution < 1.29 is 18.0 Å². The number of nitrogens with zero attached hydrogens (tertiary/aromatic N) is 6. The SMILES string of the molecule is C=N/C=C(\NC)C(=O)NC12CC(Cn3c(C#N)cc4c(C)c(CN5CCC(Nc6ncnc7sc(CC(F)(F)F)cc67)CC5)ccc43)(C1)C2. The van der Waals surface area contributed by atoms with Crippen molar-refractivity contribution in [2.45, 2.75) is 76.3 Å². The van der Waals surface area contributed by atoms with E-state index < -0.39 is 12.6 Å². The molecule has 0 unspecified atom stereocenters. The van der Waals surface area contributed by atoms with Gasteiger partial charge in [-0.3, -0.25) is 14.7 Å². The zero-order chi connectivity index (χ0) is 34.6.